The highest BCUT2D eigenvalue weighted by atomic mass is 32.1. The summed E-state index contributed by atoms with van der Waals surface area (Å²) in [4.78, 5) is 13.3. The van der Waals surface area contributed by atoms with Gasteiger partial charge >= 0.3 is 6.03 Å². The molecule has 2 aromatic rings. The van der Waals surface area contributed by atoms with Crippen LogP contribution in [0, 0.1) is 0 Å². The van der Waals surface area contributed by atoms with Gasteiger partial charge in [0.1, 0.15) is 5.82 Å². The average Bonchev–Trinajstić information content (AvgIpc) is 3.05. The number of aromatic nitrogens is 1. The summed E-state index contributed by atoms with van der Waals surface area (Å²) in [6.07, 6.45) is 15.4. The van der Waals surface area contributed by atoms with Crippen LogP contribution >= 0.6 is 11.5 Å². The molecule has 1 heterocycles. The van der Waals surface area contributed by atoms with E-state index >= 15 is 0 Å². The number of carbonyl (C=O) groups excluding carboxylic acids is 1. The highest BCUT2D eigenvalue weighted by molar-refractivity contribution is 7.07. The zero-order chi connectivity index (χ0) is 23.5. The molecule has 2 amide bonds. The predicted octanol–water partition coefficient (Wildman–Crippen LogP) is 6.32. The molecule has 6 nitrogen and oxygen atoms in total. The highest BCUT2D eigenvalue weighted by Crippen LogP contribution is 2.27. The fourth-order valence-electron chi connectivity index (χ4n) is 3.33. The summed E-state index contributed by atoms with van der Waals surface area (Å²) in [6, 6.07) is 7.60. The van der Waals surface area contributed by atoms with Gasteiger partial charge in [0.2, 0.25) is 0 Å². The second-order valence-corrected chi connectivity index (χ2v) is 8.15. The van der Waals surface area contributed by atoms with Gasteiger partial charge in [-0.3, -0.25) is 0 Å². The molecule has 0 spiro atoms. The lowest BCUT2D eigenvalue weighted by Crippen LogP contribution is -2.30. The predicted molar refractivity (Wildman–Crippen MR) is 140 cm³/mol. The van der Waals surface area contributed by atoms with E-state index in [1.807, 2.05) is 67.6 Å². The monoisotopic (exact) mass is 462 g/mol. The van der Waals surface area contributed by atoms with Crippen molar-refractivity contribution >= 4 is 46.8 Å². The van der Waals surface area contributed by atoms with E-state index in [-0.39, 0.29) is 6.03 Å². The second kappa shape index (κ2) is 12.5. The van der Waals surface area contributed by atoms with Gasteiger partial charge in [0.25, 0.3) is 0 Å². The van der Waals surface area contributed by atoms with Crippen molar-refractivity contribution in [1.29, 1.82) is 0 Å². The van der Waals surface area contributed by atoms with Crippen molar-refractivity contribution in [3.63, 3.8) is 0 Å². The molecule has 0 saturated heterocycles. The third-order valence-electron chi connectivity index (χ3n) is 5.04. The van der Waals surface area contributed by atoms with Gasteiger partial charge in [-0.05, 0) is 60.3 Å². The first-order valence-corrected chi connectivity index (χ1v) is 11.7. The van der Waals surface area contributed by atoms with Crippen molar-refractivity contribution in [1.82, 2.24) is 9.69 Å². The smallest absolute Gasteiger partial charge is 0.319 e. The van der Waals surface area contributed by atoms with Gasteiger partial charge in [0.15, 0.2) is 0 Å². The Balaban J connectivity index is 1.42. The maximum atomic E-state index is 12.2. The number of anilines is 2. The summed E-state index contributed by atoms with van der Waals surface area (Å²) in [5.74, 6) is 1.77. The average molecular weight is 463 g/mol. The minimum absolute atomic E-state index is 0.221. The summed E-state index contributed by atoms with van der Waals surface area (Å²) >= 11 is 1.42. The lowest BCUT2D eigenvalue weighted by molar-refractivity contribution is 0.252. The number of benzene rings is 1. The summed E-state index contributed by atoms with van der Waals surface area (Å²) < 4.78 is 9.83. The van der Waals surface area contributed by atoms with Crippen LogP contribution in [0.25, 0.3) is 17.7 Å². The first-order valence-electron chi connectivity index (χ1n) is 10.9. The van der Waals surface area contributed by atoms with E-state index in [9.17, 15) is 4.79 Å². The number of allylic oxidation sites excluding steroid dienone is 6. The molecule has 1 aromatic carbocycles. The molecular weight excluding hydrogens is 432 g/mol. The van der Waals surface area contributed by atoms with Gasteiger partial charge < -0.3 is 20.7 Å². The molecule has 1 aromatic heterocycles. The number of ether oxygens (including phenoxy) is 1. The zero-order valence-corrected chi connectivity index (χ0v) is 19.9. The summed E-state index contributed by atoms with van der Waals surface area (Å²) in [5.41, 5.74) is 4.06. The van der Waals surface area contributed by atoms with E-state index in [2.05, 4.69) is 33.0 Å². The summed E-state index contributed by atoms with van der Waals surface area (Å²) in [6.45, 7) is 7.07. The standard InChI is InChI=1S/C26H30N4O2S/c1-4-9-23-24(5-2)33-30-25(23)27-16-8-17-28-26(31)29-21-14-12-19(13-15-21)20-10-6-7-11-22(18-20)32-3/h4-7,9-15H,2,8,16-18H2,1,3H3,(H,27,30)(H2,28,29,31)/b9-4-. The Bertz CT molecular complexity index is 1080. The number of methoxy groups -OCH3 is 1. The van der Waals surface area contributed by atoms with E-state index in [0.717, 1.165) is 46.1 Å². The lowest BCUT2D eigenvalue weighted by Gasteiger charge is -2.11. The number of nitrogens with zero attached hydrogens (tertiary/aromatic N) is 1. The van der Waals surface area contributed by atoms with Crippen LogP contribution in [0.5, 0.6) is 0 Å². The number of hydrogen-bond donors (Lipinski definition) is 3. The van der Waals surface area contributed by atoms with Crippen LogP contribution in [0.3, 0.4) is 0 Å². The van der Waals surface area contributed by atoms with Gasteiger partial charge in [0, 0.05) is 30.8 Å². The Morgan fingerprint density at radius 3 is 2.73 bits per heavy atom. The number of urea groups is 1. The van der Waals surface area contributed by atoms with Crippen LogP contribution in [0.15, 0.2) is 67.0 Å². The molecule has 0 fully saturated rings. The Hall–Kier alpha value is -3.58. The van der Waals surface area contributed by atoms with Crippen LogP contribution < -0.4 is 16.0 Å². The molecule has 0 bridgehead atoms. The molecule has 7 heteroatoms. The van der Waals surface area contributed by atoms with Crippen molar-refractivity contribution in [2.45, 2.75) is 19.8 Å². The third-order valence-corrected chi connectivity index (χ3v) is 5.89. The summed E-state index contributed by atoms with van der Waals surface area (Å²) in [7, 11) is 1.68. The number of nitrogens with one attached hydrogen (secondary N) is 3. The van der Waals surface area contributed by atoms with Crippen molar-refractivity contribution in [3.05, 3.63) is 83.0 Å². The van der Waals surface area contributed by atoms with Gasteiger partial charge in [-0.1, -0.05) is 49.1 Å². The van der Waals surface area contributed by atoms with Gasteiger partial charge in [-0.2, -0.15) is 4.37 Å². The molecule has 3 N–H and O–H groups in total. The fourth-order valence-corrected chi connectivity index (χ4v) is 4.02. The fraction of sp³-hybridized carbons (Fsp3) is 0.231. The van der Waals surface area contributed by atoms with Crippen molar-refractivity contribution < 1.29 is 9.53 Å². The van der Waals surface area contributed by atoms with Crippen LogP contribution in [-0.4, -0.2) is 30.6 Å². The van der Waals surface area contributed by atoms with Crippen molar-refractivity contribution in [2.75, 3.05) is 30.8 Å². The first kappa shape index (κ1) is 24.1. The Morgan fingerprint density at radius 1 is 1.21 bits per heavy atom. The topological polar surface area (TPSA) is 75.3 Å². The molecule has 0 unspecified atom stereocenters. The summed E-state index contributed by atoms with van der Waals surface area (Å²) in [5, 5.41) is 9.10. The maximum Gasteiger partial charge on any atom is 0.319 e. The molecule has 3 rings (SSSR count). The normalized spacial score (nSPS) is 13.2. The molecule has 0 saturated carbocycles. The largest absolute Gasteiger partial charge is 0.501 e. The third kappa shape index (κ3) is 6.95. The number of amides is 2. The van der Waals surface area contributed by atoms with E-state index in [0.29, 0.717) is 13.1 Å². The molecule has 172 valence electrons. The molecule has 1 aliphatic carbocycles. The quantitative estimate of drug-likeness (QED) is 0.361. The number of carbonyl (C=O) groups is 1. The number of hydrogen-bond acceptors (Lipinski definition) is 5. The van der Waals surface area contributed by atoms with Crippen molar-refractivity contribution in [3.8, 4) is 0 Å². The molecular formula is C26H30N4O2S. The second-order valence-electron chi connectivity index (χ2n) is 7.34. The molecule has 0 aliphatic heterocycles. The minimum atomic E-state index is -0.221. The lowest BCUT2D eigenvalue weighted by atomic mass is 10.0. The van der Waals surface area contributed by atoms with Crippen LogP contribution in [-0.2, 0) is 4.74 Å². The minimum Gasteiger partial charge on any atom is -0.501 e. The van der Waals surface area contributed by atoms with Gasteiger partial charge in [0.05, 0.1) is 17.7 Å². The van der Waals surface area contributed by atoms with E-state index in [4.69, 9.17) is 4.74 Å². The molecule has 0 radical (unpaired) electrons. The Morgan fingerprint density at radius 2 is 2.00 bits per heavy atom. The van der Waals surface area contributed by atoms with Crippen LogP contribution in [0.1, 0.15) is 35.8 Å². The van der Waals surface area contributed by atoms with Gasteiger partial charge in [-0.25, -0.2) is 4.79 Å². The van der Waals surface area contributed by atoms with E-state index in [1.54, 1.807) is 7.11 Å². The van der Waals surface area contributed by atoms with E-state index in [1.165, 1.54) is 17.1 Å². The molecule has 0 atom stereocenters. The van der Waals surface area contributed by atoms with Crippen LogP contribution in [0.2, 0.25) is 0 Å². The molecule has 33 heavy (non-hydrogen) atoms. The number of rotatable bonds is 10. The zero-order valence-electron chi connectivity index (χ0n) is 19.1. The van der Waals surface area contributed by atoms with E-state index < -0.39 is 0 Å². The Labute approximate surface area is 199 Å². The Kier molecular flexibility index (Phi) is 9.08. The highest BCUT2D eigenvalue weighted by Gasteiger charge is 2.09. The van der Waals surface area contributed by atoms with Gasteiger partial charge in [-0.15, -0.1) is 0 Å². The van der Waals surface area contributed by atoms with Crippen LogP contribution in [0.4, 0.5) is 16.3 Å². The first-order chi connectivity index (χ1) is 16.1. The molecule has 1 aliphatic rings. The maximum absolute atomic E-state index is 12.2. The van der Waals surface area contributed by atoms with Crippen molar-refractivity contribution in [2.24, 2.45) is 0 Å². The SMILES string of the molecule is C=Cc1snc(NCCCNC(=O)Nc2ccc(C3=CC=CC=C(OC)C3)cc2)c1/C=C\C.